The molecule has 0 saturated heterocycles. The number of nitro groups is 1. The van der Waals surface area contributed by atoms with Crippen LogP contribution >= 0.6 is 0 Å². The molecule has 1 atom stereocenters. The molecule has 1 aromatic heterocycles. The lowest BCUT2D eigenvalue weighted by Gasteiger charge is -2.31. The van der Waals surface area contributed by atoms with Crippen LogP contribution in [-0.4, -0.2) is 51.1 Å². The Hall–Kier alpha value is -3.23. The number of nitrogens with zero attached hydrogens (tertiary/aromatic N) is 4. The third-order valence-corrected chi connectivity index (χ3v) is 3.89. The van der Waals surface area contributed by atoms with Gasteiger partial charge in [0.15, 0.2) is 0 Å². The summed E-state index contributed by atoms with van der Waals surface area (Å²) in [6, 6.07) is 9.53. The number of ether oxygens (including phenoxy) is 1. The minimum atomic E-state index is -0.600. The van der Waals surface area contributed by atoms with E-state index in [0.29, 0.717) is 13.0 Å². The van der Waals surface area contributed by atoms with Crippen LogP contribution in [0, 0.1) is 10.1 Å². The fourth-order valence-corrected chi connectivity index (χ4v) is 2.43. The topological polar surface area (TPSA) is 110 Å². The second kappa shape index (κ2) is 9.12. The minimum Gasteiger partial charge on any atom is -0.444 e. The third kappa shape index (κ3) is 6.49. The van der Waals surface area contributed by atoms with Crippen molar-refractivity contribution in [3.05, 3.63) is 58.4 Å². The molecule has 0 fully saturated rings. The molecule has 1 unspecified atom stereocenters. The summed E-state index contributed by atoms with van der Waals surface area (Å²) in [7, 11) is 1.68. The van der Waals surface area contributed by atoms with Gasteiger partial charge < -0.3 is 15.0 Å². The Bertz CT molecular complexity index is 790. The van der Waals surface area contributed by atoms with Crippen LogP contribution in [0.2, 0.25) is 0 Å². The van der Waals surface area contributed by atoms with E-state index >= 15 is 0 Å². The summed E-state index contributed by atoms with van der Waals surface area (Å²) in [4.78, 5) is 32.1. The average molecular weight is 387 g/mol. The second-order valence-corrected chi connectivity index (χ2v) is 7.34. The van der Waals surface area contributed by atoms with Crippen molar-refractivity contribution in [3.63, 3.8) is 0 Å². The number of nitrogens with one attached hydrogen (secondary N) is 1. The van der Waals surface area contributed by atoms with Crippen molar-refractivity contribution in [2.24, 2.45) is 0 Å². The summed E-state index contributed by atoms with van der Waals surface area (Å²) in [6.07, 6.45) is 2.44. The maximum absolute atomic E-state index is 12.5. The molecule has 2 aromatic rings. The Morgan fingerprint density at radius 3 is 2.39 bits per heavy atom. The number of aromatic nitrogens is 2. The highest BCUT2D eigenvalue weighted by Crippen LogP contribution is 2.15. The van der Waals surface area contributed by atoms with Gasteiger partial charge in [0.1, 0.15) is 18.0 Å². The molecular formula is C19H25N5O4. The van der Waals surface area contributed by atoms with E-state index in [-0.39, 0.29) is 17.7 Å². The van der Waals surface area contributed by atoms with Crippen molar-refractivity contribution >= 4 is 17.7 Å². The summed E-state index contributed by atoms with van der Waals surface area (Å²) >= 11 is 0. The van der Waals surface area contributed by atoms with Gasteiger partial charge in [0.05, 0.1) is 11.0 Å². The lowest BCUT2D eigenvalue weighted by Crippen LogP contribution is -2.45. The van der Waals surface area contributed by atoms with Crippen molar-refractivity contribution in [2.75, 3.05) is 18.9 Å². The molecule has 1 N–H and O–H groups in total. The van der Waals surface area contributed by atoms with Gasteiger partial charge in [-0.3, -0.25) is 10.1 Å². The van der Waals surface area contributed by atoms with Crippen molar-refractivity contribution < 1.29 is 14.5 Å². The molecular weight excluding hydrogens is 362 g/mol. The van der Waals surface area contributed by atoms with Crippen molar-refractivity contribution in [1.29, 1.82) is 0 Å². The SMILES string of the molecule is CN(C(=O)OC(C)(C)C)C(CNc1ncc([N+](=O)[O-])cn1)Cc1ccccc1. The highest BCUT2D eigenvalue weighted by atomic mass is 16.6. The number of likely N-dealkylation sites (N-methyl/N-ethyl adjacent to an activating group) is 1. The highest BCUT2D eigenvalue weighted by molar-refractivity contribution is 5.68. The predicted octanol–water partition coefficient (Wildman–Crippen LogP) is 3.27. The van der Waals surface area contributed by atoms with E-state index in [9.17, 15) is 14.9 Å². The average Bonchev–Trinajstić information content (AvgIpc) is 2.64. The molecule has 0 bridgehead atoms. The first-order valence-corrected chi connectivity index (χ1v) is 8.86. The van der Waals surface area contributed by atoms with E-state index < -0.39 is 16.6 Å². The molecule has 1 heterocycles. The Labute approximate surface area is 163 Å². The molecule has 0 aliphatic carbocycles. The smallest absolute Gasteiger partial charge is 0.410 e. The fourth-order valence-electron chi connectivity index (χ4n) is 2.43. The number of rotatable bonds is 7. The minimum absolute atomic E-state index is 0.183. The number of hydrogen-bond donors (Lipinski definition) is 1. The molecule has 0 spiro atoms. The van der Waals surface area contributed by atoms with Crippen molar-refractivity contribution in [3.8, 4) is 0 Å². The van der Waals surface area contributed by atoms with Gasteiger partial charge in [-0.1, -0.05) is 30.3 Å². The summed E-state index contributed by atoms with van der Waals surface area (Å²) in [5.41, 5.74) is 0.281. The van der Waals surface area contributed by atoms with Crippen LogP contribution in [0.4, 0.5) is 16.4 Å². The van der Waals surface area contributed by atoms with Gasteiger partial charge in [0.25, 0.3) is 0 Å². The number of hydrogen-bond acceptors (Lipinski definition) is 7. The van der Waals surface area contributed by atoms with E-state index in [0.717, 1.165) is 18.0 Å². The van der Waals surface area contributed by atoms with Crippen molar-refractivity contribution in [2.45, 2.75) is 38.8 Å². The van der Waals surface area contributed by atoms with E-state index in [4.69, 9.17) is 4.74 Å². The summed E-state index contributed by atoms with van der Waals surface area (Å²) in [5, 5.41) is 13.7. The molecule has 150 valence electrons. The van der Waals surface area contributed by atoms with Crippen LogP contribution in [0.25, 0.3) is 0 Å². The number of carbonyl (C=O) groups excluding carboxylic acids is 1. The maximum Gasteiger partial charge on any atom is 0.410 e. The van der Waals surface area contributed by atoms with Crippen LogP contribution in [0.1, 0.15) is 26.3 Å². The Balaban J connectivity index is 2.10. The zero-order valence-corrected chi connectivity index (χ0v) is 16.5. The van der Waals surface area contributed by atoms with Gasteiger partial charge in [-0.25, -0.2) is 14.8 Å². The van der Waals surface area contributed by atoms with Gasteiger partial charge in [0, 0.05) is 13.6 Å². The van der Waals surface area contributed by atoms with Gasteiger partial charge in [-0.05, 0) is 32.8 Å². The standard InChI is InChI=1S/C19H25N5O4/c1-19(2,3)28-18(25)23(4)15(10-14-8-6-5-7-9-14)11-20-17-21-12-16(13-22-17)24(26)27/h5-9,12-13,15H,10-11H2,1-4H3,(H,20,21,22). The normalized spacial score (nSPS) is 12.1. The van der Waals surface area contributed by atoms with Crippen molar-refractivity contribution in [1.82, 2.24) is 14.9 Å². The lowest BCUT2D eigenvalue weighted by atomic mass is 10.1. The van der Waals surface area contributed by atoms with Crippen LogP contribution in [0.5, 0.6) is 0 Å². The molecule has 1 amide bonds. The monoisotopic (exact) mass is 387 g/mol. The lowest BCUT2D eigenvalue weighted by molar-refractivity contribution is -0.385. The summed E-state index contributed by atoms with van der Waals surface area (Å²) < 4.78 is 5.47. The second-order valence-electron chi connectivity index (χ2n) is 7.34. The first-order chi connectivity index (χ1) is 13.2. The molecule has 2 rings (SSSR count). The Kier molecular flexibility index (Phi) is 6.86. The van der Waals surface area contributed by atoms with Gasteiger partial charge in [-0.2, -0.15) is 0 Å². The van der Waals surface area contributed by atoms with E-state index in [1.165, 1.54) is 4.90 Å². The predicted molar refractivity (Wildman–Crippen MR) is 105 cm³/mol. The summed E-state index contributed by atoms with van der Waals surface area (Å²) in [5.74, 6) is 0.251. The number of carbonyl (C=O) groups is 1. The molecule has 1 aromatic carbocycles. The van der Waals surface area contributed by atoms with Gasteiger partial charge in [0.2, 0.25) is 5.95 Å². The molecule has 0 radical (unpaired) electrons. The van der Waals surface area contributed by atoms with Crippen LogP contribution in [0.3, 0.4) is 0 Å². The number of anilines is 1. The third-order valence-electron chi connectivity index (χ3n) is 3.89. The zero-order chi connectivity index (χ0) is 20.7. The highest BCUT2D eigenvalue weighted by Gasteiger charge is 2.25. The van der Waals surface area contributed by atoms with Gasteiger partial charge in [-0.15, -0.1) is 0 Å². The van der Waals surface area contributed by atoms with E-state index in [2.05, 4.69) is 15.3 Å². The number of benzene rings is 1. The Morgan fingerprint density at radius 1 is 1.25 bits per heavy atom. The maximum atomic E-state index is 12.5. The largest absolute Gasteiger partial charge is 0.444 e. The molecule has 0 aliphatic heterocycles. The first-order valence-electron chi connectivity index (χ1n) is 8.86. The molecule has 0 saturated carbocycles. The fraction of sp³-hybridized carbons (Fsp3) is 0.421. The number of amides is 1. The first kappa shape index (κ1) is 21.1. The van der Waals surface area contributed by atoms with Crippen LogP contribution < -0.4 is 5.32 Å². The van der Waals surface area contributed by atoms with Crippen LogP contribution in [0.15, 0.2) is 42.7 Å². The van der Waals surface area contributed by atoms with E-state index in [1.54, 1.807) is 7.05 Å². The zero-order valence-electron chi connectivity index (χ0n) is 16.5. The molecule has 0 aliphatic rings. The summed E-state index contributed by atoms with van der Waals surface area (Å²) in [6.45, 7) is 5.79. The Morgan fingerprint density at radius 2 is 1.86 bits per heavy atom. The molecule has 9 heteroatoms. The van der Waals surface area contributed by atoms with E-state index in [1.807, 2.05) is 51.1 Å². The van der Waals surface area contributed by atoms with Crippen LogP contribution in [-0.2, 0) is 11.2 Å². The quantitative estimate of drug-likeness (QED) is 0.573. The van der Waals surface area contributed by atoms with Gasteiger partial charge >= 0.3 is 11.8 Å². The molecule has 9 nitrogen and oxygen atoms in total. The molecule has 28 heavy (non-hydrogen) atoms.